The van der Waals surface area contributed by atoms with Crippen LogP contribution in [-0.4, -0.2) is 34.9 Å². The van der Waals surface area contributed by atoms with Gasteiger partial charge in [0.15, 0.2) is 6.23 Å². The predicted molar refractivity (Wildman–Crippen MR) is 154 cm³/mol. The van der Waals surface area contributed by atoms with Gasteiger partial charge in [-0.25, -0.2) is 4.39 Å². The van der Waals surface area contributed by atoms with Crippen LogP contribution in [0.25, 0.3) is 11.6 Å². The number of benzene rings is 2. The minimum Gasteiger partial charge on any atom is -0.370 e. The van der Waals surface area contributed by atoms with E-state index in [0.29, 0.717) is 27.2 Å². The van der Waals surface area contributed by atoms with Crippen LogP contribution in [0.2, 0.25) is 10.0 Å². The van der Waals surface area contributed by atoms with Gasteiger partial charge < -0.3 is 10.0 Å². The van der Waals surface area contributed by atoms with Gasteiger partial charge in [0.05, 0.1) is 21.4 Å². The highest BCUT2D eigenvalue weighted by atomic mass is 35.5. The van der Waals surface area contributed by atoms with Crippen LogP contribution in [0.3, 0.4) is 0 Å². The maximum Gasteiger partial charge on any atom is 0.150 e. The van der Waals surface area contributed by atoms with Crippen molar-refractivity contribution in [2.45, 2.75) is 51.3 Å². The molecule has 37 heavy (non-hydrogen) atoms. The Morgan fingerprint density at radius 3 is 2.41 bits per heavy atom. The first-order valence-corrected chi connectivity index (χ1v) is 13.6. The Bertz CT molecular complexity index is 1340. The lowest BCUT2D eigenvalue weighted by Gasteiger charge is -2.38. The lowest BCUT2D eigenvalue weighted by Crippen LogP contribution is -2.43. The number of nitrogens with zero attached hydrogens (tertiary/aromatic N) is 2. The summed E-state index contributed by atoms with van der Waals surface area (Å²) in [5.74, 6) is -0.521. The summed E-state index contributed by atoms with van der Waals surface area (Å²) in [5, 5.41) is 12.5. The molecule has 2 aliphatic heterocycles. The molecule has 1 aliphatic carbocycles. The molecule has 0 aromatic heterocycles. The molecule has 194 valence electrons. The molecule has 2 unspecified atom stereocenters. The first-order chi connectivity index (χ1) is 17.5. The lowest BCUT2D eigenvalue weighted by molar-refractivity contribution is 0.153. The minimum atomic E-state index is -0.959. The molecule has 5 rings (SSSR count). The zero-order chi connectivity index (χ0) is 26.5. The third kappa shape index (κ3) is 5.15. The number of rotatable bonds is 3. The molecule has 0 bridgehead atoms. The number of hydrogen-bond acceptors (Lipinski definition) is 3. The Balaban J connectivity index is 1.69. The lowest BCUT2D eigenvalue weighted by atomic mass is 9.83. The van der Waals surface area contributed by atoms with Crippen LogP contribution in [0.15, 0.2) is 65.5 Å². The normalized spacial score (nSPS) is 22.4. The van der Waals surface area contributed by atoms with Gasteiger partial charge in [0.1, 0.15) is 5.83 Å². The smallest absolute Gasteiger partial charge is 0.150 e. The topological polar surface area (TPSA) is 26.7 Å². The van der Waals surface area contributed by atoms with Crippen molar-refractivity contribution in [2.24, 2.45) is 0 Å². The van der Waals surface area contributed by atoms with Gasteiger partial charge in [-0.2, -0.15) is 0 Å². The van der Waals surface area contributed by atoms with Crippen molar-refractivity contribution in [2.75, 3.05) is 18.0 Å². The van der Waals surface area contributed by atoms with Crippen LogP contribution in [0.4, 0.5) is 15.8 Å². The molecule has 0 saturated carbocycles. The standard InChI is InChI=1S/C30H30Cl3FN2O/c1-30(2,3)35-13-11-18(12-14-35)19-15-23(21-8-7-20(34)17-26(21)33)22-9-10-28(37)36(27(22)16-19)29-24(31)5-4-6-25(29)32/h4-7,9-11,15-17,21,28,37H,8,12-14H2,1-3H3. The van der Waals surface area contributed by atoms with Gasteiger partial charge in [0, 0.05) is 35.1 Å². The van der Waals surface area contributed by atoms with Gasteiger partial charge in [-0.3, -0.25) is 4.90 Å². The Hall–Kier alpha value is -2.08. The molecule has 0 radical (unpaired) electrons. The van der Waals surface area contributed by atoms with Gasteiger partial charge in [0.25, 0.3) is 0 Å². The van der Waals surface area contributed by atoms with Crippen LogP contribution in [-0.2, 0) is 0 Å². The number of aliphatic hydroxyl groups excluding tert-OH is 1. The summed E-state index contributed by atoms with van der Waals surface area (Å²) in [5.41, 5.74) is 5.59. The third-order valence-corrected chi connectivity index (χ3v) is 8.37. The molecular formula is C30H30Cl3FN2O. The van der Waals surface area contributed by atoms with Crippen LogP contribution in [0.5, 0.6) is 0 Å². The van der Waals surface area contributed by atoms with E-state index in [4.69, 9.17) is 34.8 Å². The Morgan fingerprint density at radius 1 is 1.05 bits per heavy atom. The second kappa shape index (κ2) is 10.2. The highest BCUT2D eigenvalue weighted by molar-refractivity contribution is 6.39. The van der Waals surface area contributed by atoms with Gasteiger partial charge in [-0.15, -0.1) is 0 Å². The minimum absolute atomic E-state index is 0.0897. The van der Waals surface area contributed by atoms with Gasteiger partial charge >= 0.3 is 0 Å². The second-order valence-corrected chi connectivity index (χ2v) is 12.0. The second-order valence-electron chi connectivity index (χ2n) is 10.7. The fourth-order valence-corrected chi connectivity index (χ4v) is 6.24. The fourth-order valence-electron chi connectivity index (χ4n) is 5.35. The Kier molecular flexibility index (Phi) is 7.34. The average Bonchev–Trinajstić information content (AvgIpc) is 2.84. The molecule has 2 atom stereocenters. The first kappa shape index (κ1) is 26.5. The largest absolute Gasteiger partial charge is 0.370 e. The molecular weight excluding hydrogens is 530 g/mol. The monoisotopic (exact) mass is 558 g/mol. The van der Waals surface area contributed by atoms with Crippen molar-refractivity contribution in [3.8, 4) is 0 Å². The maximum atomic E-state index is 14.0. The molecule has 2 aromatic rings. The summed E-state index contributed by atoms with van der Waals surface area (Å²) >= 11 is 19.8. The SMILES string of the molecule is CC(C)(C)N1CC=C(c2cc(C3CC=C(F)C=C3Cl)c3c(c2)N(c2c(Cl)cccc2Cl)C(O)C=C3)CC1. The van der Waals surface area contributed by atoms with E-state index in [-0.39, 0.29) is 17.3 Å². The molecule has 0 saturated heterocycles. The van der Waals surface area contributed by atoms with Crippen molar-refractivity contribution in [1.82, 2.24) is 4.90 Å². The molecule has 0 fully saturated rings. The van der Waals surface area contributed by atoms with E-state index in [0.717, 1.165) is 41.9 Å². The Morgan fingerprint density at radius 2 is 1.78 bits per heavy atom. The fraction of sp³-hybridized carbons (Fsp3) is 0.333. The predicted octanol–water partition coefficient (Wildman–Crippen LogP) is 8.83. The number of fused-ring (bicyclic) bond motifs is 1. The molecule has 7 heteroatoms. The van der Waals surface area contributed by atoms with Crippen LogP contribution in [0.1, 0.15) is 56.2 Å². The van der Waals surface area contributed by atoms with Crippen molar-refractivity contribution < 1.29 is 9.50 Å². The average molecular weight is 560 g/mol. The number of allylic oxidation sites excluding steroid dienone is 4. The van der Waals surface area contributed by atoms with Crippen LogP contribution >= 0.6 is 34.8 Å². The van der Waals surface area contributed by atoms with Crippen molar-refractivity contribution in [3.63, 3.8) is 0 Å². The van der Waals surface area contributed by atoms with E-state index in [2.05, 4.69) is 43.9 Å². The van der Waals surface area contributed by atoms with Crippen molar-refractivity contribution in [3.05, 3.63) is 92.2 Å². The van der Waals surface area contributed by atoms with Crippen molar-refractivity contribution in [1.29, 1.82) is 0 Å². The molecule has 2 aromatic carbocycles. The van der Waals surface area contributed by atoms with Gasteiger partial charge in [-0.1, -0.05) is 59.1 Å². The summed E-state index contributed by atoms with van der Waals surface area (Å²) in [6.07, 6.45) is 9.25. The van der Waals surface area contributed by atoms with E-state index in [1.54, 1.807) is 35.3 Å². The zero-order valence-electron chi connectivity index (χ0n) is 21.1. The molecule has 3 aliphatic rings. The Labute approximate surface area is 233 Å². The van der Waals surface area contributed by atoms with Gasteiger partial charge in [-0.05, 0) is 86.7 Å². The van der Waals surface area contributed by atoms with Crippen LogP contribution < -0.4 is 4.90 Å². The highest BCUT2D eigenvalue weighted by Gasteiger charge is 2.32. The van der Waals surface area contributed by atoms with Crippen LogP contribution in [0, 0.1) is 0 Å². The zero-order valence-corrected chi connectivity index (χ0v) is 23.4. The number of aliphatic hydroxyl groups is 1. The summed E-state index contributed by atoms with van der Waals surface area (Å²) in [7, 11) is 0. The summed E-state index contributed by atoms with van der Waals surface area (Å²) in [6.45, 7) is 8.48. The molecule has 3 nitrogen and oxygen atoms in total. The van der Waals surface area contributed by atoms with Gasteiger partial charge in [0.2, 0.25) is 0 Å². The molecule has 1 N–H and O–H groups in total. The maximum absolute atomic E-state index is 14.0. The quantitative estimate of drug-likeness (QED) is 0.407. The number of halogens is 4. The number of anilines is 2. The van der Waals surface area contributed by atoms with Crippen molar-refractivity contribution >= 4 is 57.8 Å². The first-order valence-electron chi connectivity index (χ1n) is 12.5. The molecule has 0 spiro atoms. The molecule has 0 amide bonds. The number of para-hydroxylation sites is 1. The van der Waals surface area contributed by atoms with E-state index in [9.17, 15) is 9.50 Å². The number of hydrogen-bond donors (Lipinski definition) is 1. The van der Waals surface area contributed by atoms with E-state index < -0.39 is 6.23 Å². The summed E-state index contributed by atoms with van der Waals surface area (Å²) in [6, 6.07) is 9.57. The summed E-state index contributed by atoms with van der Waals surface area (Å²) < 4.78 is 14.0. The van der Waals surface area contributed by atoms with E-state index >= 15 is 0 Å². The summed E-state index contributed by atoms with van der Waals surface area (Å²) in [4.78, 5) is 4.22. The third-order valence-electron chi connectivity index (χ3n) is 7.39. The van der Waals surface area contributed by atoms with E-state index in [1.165, 1.54) is 11.6 Å². The highest BCUT2D eigenvalue weighted by Crippen LogP contribution is 2.48. The van der Waals surface area contributed by atoms with E-state index in [1.807, 2.05) is 6.08 Å². The molecule has 2 heterocycles.